The van der Waals surface area contributed by atoms with Crippen LogP contribution < -0.4 is 0 Å². The predicted octanol–water partition coefficient (Wildman–Crippen LogP) is -1.10. The number of aliphatic hydroxyl groups is 1. The van der Waals surface area contributed by atoms with E-state index >= 15 is 0 Å². The van der Waals surface area contributed by atoms with Gasteiger partial charge in [-0.2, -0.15) is 0 Å². The zero-order valence-electron chi connectivity index (χ0n) is 4.94. The summed E-state index contributed by atoms with van der Waals surface area (Å²) in [6.07, 6.45) is -2.54. The molecule has 0 saturated heterocycles. The van der Waals surface area contributed by atoms with Crippen molar-refractivity contribution in [2.24, 2.45) is 0 Å². The van der Waals surface area contributed by atoms with Crippen molar-refractivity contribution in [1.82, 2.24) is 0 Å². The Morgan fingerprint density at radius 1 is 1.30 bits per heavy atom. The van der Waals surface area contributed by atoms with Crippen LogP contribution in [0, 0.1) is 0 Å². The van der Waals surface area contributed by atoms with E-state index in [9.17, 15) is 9.59 Å². The zero-order valence-corrected chi connectivity index (χ0v) is 7.40. The first kappa shape index (κ1) is 12.5. The minimum atomic E-state index is -1.79. The van der Waals surface area contributed by atoms with Gasteiger partial charge in [-0.05, 0) is 0 Å². The summed E-state index contributed by atoms with van der Waals surface area (Å²) in [4.78, 5) is 19.4. The van der Waals surface area contributed by atoms with E-state index in [0.717, 1.165) is 0 Å². The minimum Gasteiger partial charge on any atom is -0.481 e. The summed E-state index contributed by atoms with van der Waals surface area (Å²) >= 11 is 0. The van der Waals surface area contributed by atoms with Crippen molar-refractivity contribution in [2.45, 2.75) is 12.5 Å². The fraction of sp³-hybridized carbons (Fsp3) is 0.500. The molecule has 1 unspecified atom stereocenters. The van der Waals surface area contributed by atoms with Gasteiger partial charge in [0.1, 0.15) is 0 Å². The topological polar surface area (TPSA) is 94.8 Å². The van der Waals surface area contributed by atoms with Gasteiger partial charge in [0.25, 0.3) is 0 Å². The second-order valence-electron chi connectivity index (χ2n) is 1.45. The van der Waals surface area contributed by atoms with E-state index < -0.39 is 24.5 Å². The zero-order chi connectivity index (χ0) is 7.44. The molecule has 0 aromatic carbocycles. The summed E-state index contributed by atoms with van der Waals surface area (Å²) in [5.74, 6) is -2.85. The molecule has 0 aromatic heterocycles. The van der Waals surface area contributed by atoms with Crippen LogP contribution in [0.3, 0.4) is 0 Å². The number of rotatable bonds is 3. The third-order valence-electron chi connectivity index (χ3n) is 0.653. The van der Waals surface area contributed by atoms with Crippen LogP contribution in [-0.2, 0) is 35.8 Å². The maximum absolute atomic E-state index is 9.72. The van der Waals surface area contributed by atoms with Crippen molar-refractivity contribution in [3.05, 3.63) is 0 Å². The molecule has 3 N–H and O–H groups in total. The Morgan fingerprint density at radius 3 is 1.80 bits per heavy atom. The number of carbonyl (C=O) groups is 2. The van der Waals surface area contributed by atoms with Gasteiger partial charge in [-0.25, -0.2) is 4.79 Å². The van der Waals surface area contributed by atoms with Gasteiger partial charge in [-0.1, -0.05) is 0 Å². The van der Waals surface area contributed by atoms with Gasteiger partial charge in [0.05, 0.1) is 6.42 Å². The second-order valence-corrected chi connectivity index (χ2v) is 1.45. The van der Waals surface area contributed by atoms with Crippen molar-refractivity contribution >= 4 is 11.9 Å². The molecule has 5 nitrogen and oxygen atoms in total. The minimum absolute atomic E-state index is 0. The van der Waals surface area contributed by atoms with E-state index in [1.165, 1.54) is 0 Å². The molecule has 0 heterocycles. The third kappa shape index (κ3) is 5.91. The average molecular weight is 225 g/mol. The van der Waals surface area contributed by atoms with Crippen molar-refractivity contribution in [1.29, 1.82) is 0 Å². The maximum atomic E-state index is 9.72. The van der Waals surface area contributed by atoms with Crippen LogP contribution in [0.15, 0.2) is 0 Å². The Labute approximate surface area is 75.8 Å². The Bertz CT molecular complexity index is 134. The van der Waals surface area contributed by atoms with Crippen molar-refractivity contribution in [3.8, 4) is 0 Å². The molecule has 10 heavy (non-hydrogen) atoms. The van der Waals surface area contributed by atoms with E-state index in [1.54, 1.807) is 0 Å². The standard InChI is InChI=1S/C4H6O5.Zr/c5-2(4(8)9)1-3(6)7;/h2,5H,1H2,(H,6,7)(H,8,9);. The number of aliphatic hydroxyl groups excluding tert-OH is 1. The largest absolute Gasteiger partial charge is 0.481 e. The quantitative estimate of drug-likeness (QED) is 0.567. The molecule has 0 aliphatic rings. The molecule has 0 aromatic rings. The second kappa shape index (κ2) is 5.56. The molecule has 0 bridgehead atoms. The number of carboxylic acid groups (broad SMARTS) is 2. The molecule has 6 heteroatoms. The molecule has 0 saturated carbocycles. The molecular formula is C4H6O5Zr. The van der Waals surface area contributed by atoms with Gasteiger partial charge in [0.2, 0.25) is 0 Å². The average Bonchev–Trinajstić information content (AvgIpc) is 1.63. The van der Waals surface area contributed by atoms with Crippen LogP contribution in [0.4, 0.5) is 0 Å². The maximum Gasteiger partial charge on any atom is 0.333 e. The van der Waals surface area contributed by atoms with E-state index in [4.69, 9.17) is 15.3 Å². The van der Waals surface area contributed by atoms with Crippen molar-refractivity contribution < 1.29 is 51.1 Å². The Balaban J connectivity index is 0. The monoisotopic (exact) mass is 224 g/mol. The first-order valence-corrected chi connectivity index (χ1v) is 2.16. The SMILES string of the molecule is O=C(O)CC(O)C(=O)O.[Zr]. The van der Waals surface area contributed by atoms with E-state index in [1.807, 2.05) is 0 Å². The summed E-state index contributed by atoms with van der Waals surface area (Å²) in [7, 11) is 0. The predicted molar refractivity (Wildman–Crippen MR) is 25.9 cm³/mol. The summed E-state index contributed by atoms with van der Waals surface area (Å²) in [6, 6.07) is 0. The summed E-state index contributed by atoms with van der Waals surface area (Å²) in [5, 5.41) is 24.1. The number of hydrogen-bond donors (Lipinski definition) is 3. The molecule has 0 spiro atoms. The Hall–Kier alpha value is -0.217. The third-order valence-corrected chi connectivity index (χ3v) is 0.653. The number of aliphatic carboxylic acids is 2. The molecule has 56 valence electrons. The van der Waals surface area contributed by atoms with Gasteiger partial charge >= 0.3 is 11.9 Å². The van der Waals surface area contributed by atoms with Crippen LogP contribution in [0.25, 0.3) is 0 Å². The first-order chi connectivity index (χ1) is 4.04. The summed E-state index contributed by atoms with van der Waals surface area (Å²) in [6.45, 7) is 0. The summed E-state index contributed by atoms with van der Waals surface area (Å²) < 4.78 is 0. The van der Waals surface area contributed by atoms with Crippen LogP contribution >= 0.6 is 0 Å². The molecular weight excluding hydrogens is 219 g/mol. The normalized spacial score (nSPS) is 11.3. The Kier molecular flexibility index (Phi) is 6.93. The molecule has 0 aliphatic heterocycles. The first-order valence-electron chi connectivity index (χ1n) is 2.16. The van der Waals surface area contributed by atoms with Gasteiger partial charge in [-0.3, -0.25) is 4.79 Å². The van der Waals surface area contributed by atoms with E-state index in [0.29, 0.717) is 0 Å². The smallest absolute Gasteiger partial charge is 0.333 e. The summed E-state index contributed by atoms with van der Waals surface area (Å²) in [5.41, 5.74) is 0. The van der Waals surface area contributed by atoms with Crippen LogP contribution in [-0.4, -0.2) is 33.4 Å². The van der Waals surface area contributed by atoms with Crippen LogP contribution in [0.5, 0.6) is 0 Å². The molecule has 0 radical (unpaired) electrons. The van der Waals surface area contributed by atoms with E-state index in [2.05, 4.69) is 0 Å². The van der Waals surface area contributed by atoms with Gasteiger partial charge < -0.3 is 15.3 Å². The fourth-order valence-electron chi connectivity index (χ4n) is 0.253. The van der Waals surface area contributed by atoms with E-state index in [-0.39, 0.29) is 26.2 Å². The van der Waals surface area contributed by atoms with Crippen molar-refractivity contribution in [3.63, 3.8) is 0 Å². The van der Waals surface area contributed by atoms with Crippen molar-refractivity contribution in [2.75, 3.05) is 0 Å². The molecule has 0 fully saturated rings. The van der Waals surface area contributed by atoms with Gasteiger partial charge in [-0.15, -0.1) is 0 Å². The van der Waals surface area contributed by atoms with Crippen LogP contribution in [0.2, 0.25) is 0 Å². The molecule has 1 atom stereocenters. The van der Waals surface area contributed by atoms with Crippen LogP contribution in [0.1, 0.15) is 6.42 Å². The molecule has 0 aliphatic carbocycles. The molecule has 0 rings (SSSR count). The molecule has 0 amide bonds. The fourth-order valence-corrected chi connectivity index (χ4v) is 0.253. The van der Waals surface area contributed by atoms with Gasteiger partial charge in [0, 0.05) is 26.2 Å². The Morgan fingerprint density at radius 2 is 1.70 bits per heavy atom. The number of hydrogen-bond acceptors (Lipinski definition) is 3. The number of carboxylic acids is 2. The van der Waals surface area contributed by atoms with Gasteiger partial charge in [0.15, 0.2) is 6.10 Å².